The van der Waals surface area contributed by atoms with Crippen LogP contribution in [-0.2, 0) is 21.4 Å². The van der Waals surface area contributed by atoms with Crippen LogP contribution in [0.1, 0.15) is 64.6 Å². The summed E-state index contributed by atoms with van der Waals surface area (Å²) in [6, 6.07) is -0.240. The molecule has 1 aliphatic carbocycles. The molecule has 0 unspecified atom stereocenters. The Balaban J connectivity index is 1.75. The Labute approximate surface area is 135 Å². The predicted molar refractivity (Wildman–Crippen MR) is 82.8 cm³/mol. The van der Waals surface area contributed by atoms with Crippen LogP contribution in [0.4, 0.5) is 0 Å². The third-order valence-corrected chi connectivity index (χ3v) is 4.11. The van der Waals surface area contributed by atoms with Crippen molar-refractivity contribution < 1.29 is 19.2 Å². The van der Waals surface area contributed by atoms with Gasteiger partial charge in [0, 0.05) is 24.3 Å². The summed E-state index contributed by atoms with van der Waals surface area (Å²) in [6.07, 6.45) is 3.69. The molecule has 1 aromatic heterocycles. The van der Waals surface area contributed by atoms with Crippen molar-refractivity contribution in [3.05, 3.63) is 11.7 Å². The molecular weight excluding hydrogens is 298 g/mol. The first kappa shape index (κ1) is 17.4. The Morgan fingerprint density at radius 1 is 1.35 bits per heavy atom. The largest absolute Gasteiger partial charge is 0.481 e. The summed E-state index contributed by atoms with van der Waals surface area (Å²) in [5.41, 5.74) is -0.159. The van der Waals surface area contributed by atoms with E-state index >= 15 is 0 Å². The molecule has 0 spiro atoms. The summed E-state index contributed by atoms with van der Waals surface area (Å²) in [4.78, 5) is 27.4. The highest BCUT2D eigenvalue weighted by Crippen LogP contribution is 2.26. The summed E-state index contributed by atoms with van der Waals surface area (Å²) in [6.45, 7) is 6.03. The average molecular weight is 323 g/mol. The van der Waals surface area contributed by atoms with Gasteiger partial charge in [0.2, 0.25) is 11.8 Å². The molecule has 1 aliphatic rings. The fourth-order valence-corrected chi connectivity index (χ4v) is 2.77. The van der Waals surface area contributed by atoms with E-state index in [0.717, 1.165) is 12.8 Å². The van der Waals surface area contributed by atoms with Gasteiger partial charge in [-0.15, -0.1) is 0 Å². The molecule has 2 rings (SSSR count). The van der Waals surface area contributed by atoms with Crippen LogP contribution < -0.4 is 5.32 Å². The van der Waals surface area contributed by atoms with Crippen LogP contribution in [0.25, 0.3) is 0 Å². The van der Waals surface area contributed by atoms with Crippen molar-refractivity contribution in [3.8, 4) is 0 Å². The Hall–Kier alpha value is -1.92. The molecule has 1 heterocycles. The number of carbonyl (C=O) groups excluding carboxylic acids is 1. The van der Waals surface area contributed by atoms with Gasteiger partial charge in [0.1, 0.15) is 0 Å². The molecule has 1 fully saturated rings. The number of carbonyl (C=O) groups is 2. The van der Waals surface area contributed by atoms with E-state index in [4.69, 9.17) is 9.63 Å². The summed E-state index contributed by atoms with van der Waals surface area (Å²) >= 11 is 0. The maximum absolute atomic E-state index is 12.0. The molecule has 0 saturated heterocycles. The minimum atomic E-state index is -0.826. The van der Waals surface area contributed by atoms with Gasteiger partial charge in [0.25, 0.3) is 0 Å². The van der Waals surface area contributed by atoms with E-state index in [1.165, 1.54) is 0 Å². The molecule has 23 heavy (non-hydrogen) atoms. The number of rotatable bonds is 6. The summed E-state index contributed by atoms with van der Waals surface area (Å²) in [5.74, 6) is -0.199. The maximum Gasteiger partial charge on any atom is 0.308 e. The highest BCUT2D eigenvalue weighted by Gasteiger charge is 2.33. The van der Waals surface area contributed by atoms with Crippen LogP contribution in [-0.4, -0.2) is 33.2 Å². The average Bonchev–Trinajstić information content (AvgIpc) is 3.06. The second-order valence-electron chi connectivity index (χ2n) is 7.16. The third-order valence-electron chi connectivity index (χ3n) is 4.11. The number of aliphatic carboxylic acids is 1. The zero-order valence-corrected chi connectivity index (χ0v) is 14.0. The lowest BCUT2D eigenvalue weighted by Crippen LogP contribution is -2.40. The molecule has 128 valence electrons. The van der Waals surface area contributed by atoms with Crippen LogP contribution in [0.5, 0.6) is 0 Å². The molecule has 2 atom stereocenters. The second-order valence-corrected chi connectivity index (χ2v) is 7.16. The van der Waals surface area contributed by atoms with Crippen molar-refractivity contribution in [3.63, 3.8) is 0 Å². The first-order chi connectivity index (χ1) is 10.8. The van der Waals surface area contributed by atoms with E-state index in [2.05, 4.69) is 15.5 Å². The van der Waals surface area contributed by atoms with Crippen molar-refractivity contribution in [2.75, 3.05) is 0 Å². The molecule has 1 amide bonds. The first-order valence-corrected chi connectivity index (χ1v) is 8.12. The van der Waals surface area contributed by atoms with Crippen LogP contribution in [0.2, 0.25) is 0 Å². The Morgan fingerprint density at radius 3 is 2.70 bits per heavy atom. The number of carboxylic acids is 1. The third kappa shape index (κ3) is 4.77. The molecule has 7 nitrogen and oxygen atoms in total. The lowest BCUT2D eigenvalue weighted by molar-refractivity contribution is -0.142. The van der Waals surface area contributed by atoms with Gasteiger partial charge in [-0.2, -0.15) is 4.98 Å². The zero-order chi connectivity index (χ0) is 17.0. The molecule has 1 saturated carbocycles. The van der Waals surface area contributed by atoms with Gasteiger partial charge in [-0.3, -0.25) is 9.59 Å². The number of hydrogen-bond acceptors (Lipinski definition) is 5. The van der Waals surface area contributed by atoms with Crippen molar-refractivity contribution in [2.24, 2.45) is 5.92 Å². The summed E-state index contributed by atoms with van der Waals surface area (Å²) in [7, 11) is 0. The maximum atomic E-state index is 12.0. The minimum Gasteiger partial charge on any atom is -0.481 e. The van der Waals surface area contributed by atoms with Crippen molar-refractivity contribution in [1.82, 2.24) is 15.5 Å². The van der Waals surface area contributed by atoms with E-state index < -0.39 is 11.9 Å². The van der Waals surface area contributed by atoms with E-state index in [1.807, 2.05) is 20.8 Å². The summed E-state index contributed by atoms with van der Waals surface area (Å²) in [5, 5.41) is 15.9. The Morgan fingerprint density at radius 2 is 2.09 bits per heavy atom. The van der Waals surface area contributed by atoms with E-state index in [-0.39, 0.29) is 17.4 Å². The summed E-state index contributed by atoms with van der Waals surface area (Å²) < 4.78 is 5.18. The normalized spacial score (nSPS) is 21.3. The highest BCUT2D eigenvalue weighted by molar-refractivity contribution is 5.78. The molecule has 0 aromatic carbocycles. The van der Waals surface area contributed by atoms with Gasteiger partial charge in [0.15, 0.2) is 5.82 Å². The van der Waals surface area contributed by atoms with Gasteiger partial charge in [-0.05, 0) is 19.3 Å². The Kier molecular flexibility index (Phi) is 5.38. The van der Waals surface area contributed by atoms with Crippen LogP contribution in [0.15, 0.2) is 4.52 Å². The first-order valence-electron chi connectivity index (χ1n) is 8.12. The molecule has 7 heteroatoms. The number of aromatic nitrogens is 2. The Bertz CT molecular complexity index is 562. The molecule has 0 bridgehead atoms. The van der Waals surface area contributed by atoms with Crippen LogP contribution in [0.3, 0.4) is 0 Å². The zero-order valence-electron chi connectivity index (χ0n) is 14.0. The van der Waals surface area contributed by atoms with E-state index in [1.54, 1.807) is 0 Å². The van der Waals surface area contributed by atoms with Crippen molar-refractivity contribution >= 4 is 11.9 Å². The molecule has 1 aromatic rings. The number of carboxylic acid groups (broad SMARTS) is 1. The number of aryl methyl sites for hydroxylation is 1. The van der Waals surface area contributed by atoms with Gasteiger partial charge in [0.05, 0.1) is 5.92 Å². The predicted octanol–water partition coefficient (Wildman–Crippen LogP) is 2.06. The topological polar surface area (TPSA) is 105 Å². The van der Waals surface area contributed by atoms with Crippen LogP contribution >= 0.6 is 0 Å². The highest BCUT2D eigenvalue weighted by atomic mass is 16.5. The SMILES string of the molecule is CC(C)(C)c1noc(CCCC(=O)N[C@@H]2CCC[C@@H]2C(=O)O)n1. The van der Waals surface area contributed by atoms with Gasteiger partial charge >= 0.3 is 5.97 Å². The molecule has 0 radical (unpaired) electrons. The van der Waals surface area contributed by atoms with Gasteiger partial charge in [-0.25, -0.2) is 0 Å². The second kappa shape index (κ2) is 7.10. The fourth-order valence-electron chi connectivity index (χ4n) is 2.77. The fraction of sp³-hybridized carbons (Fsp3) is 0.750. The van der Waals surface area contributed by atoms with E-state index in [9.17, 15) is 9.59 Å². The number of hydrogen-bond donors (Lipinski definition) is 2. The number of amides is 1. The molecule has 0 aliphatic heterocycles. The van der Waals surface area contributed by atoms with Crippen LogP contribution in [0, 0.1) is 5.92 Å². The lowest BCUT2D eigenvalue weighted by atomic mass is 9.96. The van der Waals surface area contributed by atoms with Crippen molar-refractivity contribution in [2.45, 2.75) is 70.8 Å². The quantitative estimate of drug-likeness (QED) is 0.830. The smallest absolute Gasteiger partial charge is 0.308 e. The number of nitrogens with one attached hydrogen (secondary N) is 1. The standard InChI is InChI=1S/C16H25N3O4/c1-16(2,3)15-18-13(23-19-15)9-5-8-12(20)17-11-7-4-6-10(11)14(21)22/h10-11H,4-9H2,1-3H3,(H,17,20)(H,21,22)/t10-,11+/m0/s1. The lowest BCUT2D eigenvalue weighted by Gasteiger charge is -2.17. The minimum absolute atomic E-state index is 0.112. The van der Waals surface area contributed by atoms with Gasteiger partial charge < -0.3 is 14.9 Å². The van der Waals surface area contributed by atoms with Gasteiger partial charge in [-0.1, -0.05) is 32.3 Å². The monoisotopic (exact) mass is 323 g/mol. The molecule has 2 N–H and O–H groups in total. The molecular formula is C16H25N3O4. The van der Waals surface area contributed by atoms with E-state index in [0.29, 0.717) is 37.4 Å². The van der Waals surface area contributed by atoms with Crippen molar-refractivity contribution in [1.29, 1.82) is 0 Å². The number of nitrogens with zero attached hydrogens (tertiary/aromatic N) is 2.